The van der Waals surface area contributed by atoms with Gasteiger partial charge in [0.05, 0.1) is 12.8 Å². The SMILES string of the molecule is COc1ccccc1NC(=O)N1C[C@H]2C[C@H](C1)c1ccc(C3CCCCC3)c(=O)n1C2. The lowest BCUT2D eigenvalue weighted by Crippen LogP contribution is -2.50. The van der Waals surface area contributed by atoms with Crippen molar-refractivity contribution in [1.29, 1.82) is 0 Å². The van der Waals surface area contributed by atoms with E-state index in [9.17, 15) is 9.59 Å². The third-order valence-electron chi connectivity index (χ3n) is 7.31. The van der Waals surface area contributed by atoms with Gasteiger partial charge in [0.1, 0.15) is 5.75 Å². The van der Waals surface area contributed by atoms with Crippen LogP contribution in [0.5, 0.6) is 5.75 Å². The summed E-state index contributed by atoms with van der Waals surface area (Å²) in [5.41, 5.74) is 3.00. The number of hydrogen-bond acceptors (Lipinski definition) is 3. The Morgan fingerprint density at radius 1 is 1.00 bits per heavy atom. The molecule has 5 rings (SSSR count). The molecule has 1 saturated heterocycles. The van der Waals surface area contributed by atoms with Crippen LogP contribution >= 0.6 is 0 Å². The predicted octanol–water partition coefficient (Wildman–Crippen LogP) is 4.56. The van der Waals surface area contributed by atoms with E-state index in [4.69, 9.17) is 4.74 Å². The number of aromatic nitrogens is 1. The van der Waals surface area contributed by atoms with E-state index >= 15 is 0 Å². The van der Waals surface area contributed by atoms with Crippen LogP contribution in [-0.2, 0) is 6.54 Å². The second kappa shape index (κ2) is 8.40. The van der Waals surface area contributed by atoms with Gasteiger partial charge in [-0.2, -0.15) is 0 Å². The molecular weight excluding hydrogens is 390 g/mol. The molecule has 31 heavy (non-hydrogen) atoms. The molecule has 6 nitrogen and oxygen atoms in total. The summed E-state index contributed by atoms with van der Waals surface area (Å²) in [6.07, 6.45) is 7.07. The van der Waals surface area contributed by atoms with Gasteiger partial charge in [0.2, 0.25) is 0 Å². The van der Waals surface area contributed by atoms with E-state index < -0.39 is 0 Å². The van der Waals surface area contributed by atoms with Gasteiger partial charge in [-0.25, -0.2) is 4.79 Å². The van der Waals surface area contributed by atoms with E-state index in [2.05, 4.69) is 17.4 Å². The molecule has 2 aliphatic heterocycles. The smallest absolute Gasteiger partial charge is 0.321 e. The minimum absolute atomic E-state index is 0.103. The number of fused-ring (bicyclic) bond motifs is 4. The first-order valence-electron chi connectivity index (χ1n) is 11.6. The number of nitrogens with one attached hydrogen (secondary N) is 1. The molecule has 0 unspecified atom stereocenters. The van der Waals surface area contributed by atoms with Crippen molar-refractivity contribution in [2.75, 3.05) is 25.5 Å². The van der Waals surface area contributed by atoms with Gasteiger partial charge < -0.3 is 19.5 Å². The molecule has 0 spiro atoms. The molecule has 3 aliphatic rings. The van der Waals surface area contributed by atoms with Crippen LogP contribution in [0.2, 0.25) is 0 Å². The number of hydrogen-bond donors (Lipinski definition) is 1. The lowest BCUT2D eigenvalue weighted by molar-refractivity contribution is 0.139. The monoisotopic (exact) mass is 421 g/mol. The van der Waals surface area contributed by atoms with Gasteiger partial charge in [0.15, 0.2) is 0 Å². The molecule has 2 aromatic rings. The number of ether oxygens (including phenoxy) is 1. The highest BCUT2D eigenvalue weighted by atomic mass is 16.5. The van der Waals surface area contributed by atoms with Crippen molar-refractivity contribution in [2.24, 2.45) is 5.92 Å². The maximum atomic E-state index is 13.3. The van der Waals surface area contributed by atoms with Gasteiger partial charge in [-0.15, -0.1) is 0 Å². The van der Waals surface area contributed by atoms with Crippen LogP contribution in [0, 0.1) is 5.92 Å². The summed E-state index contributed by atoms with van der Waals surface area (Å²) in [7, 11) is 1.60. The average Bonchev–Trinajstić information content (AvgIpc) is 2.80. The van der Waals surface area contributed by atoms with Gasteiger partial charge in [-0.1, -0.05) is 37.5 Å². The number of pyridine rings is 1. The fourth-order valence-corrected chi connectivity index (χ4v) is 5.80. The van der Waals surface area contributed by atoms with Crippen LogP contribution in [0.1, 0.15) is 61.6 Å². The number of anilines is 1. The first-order chi connectivity index (χ1) is 15.1. The maximum Gasteiger partial charge on any atom is 0.321 e. The van der Waals surface area contributed by atoms with Crippen molar-refractivity contribution < 1.29 is 9.53 Å². The Morgan fingerprint density at radius 2 is 1.81 bits per heavy atom. The van der Waals surface area contributed by atoms with Crippen molar-refractivity contribution in [3.63, 3.8) is 0 Å². The molecule has 0 radical (unpaired) electrons. The Morgan fingerprint density at radius 3 is 2.61 bits per heavy atom. The van der Waals surface area contributed by atoms with Gasteiger partial charge in [0.25, 0.3) is 5.56 Å². The van der Waals surface area contributed by atoms with Crippen molar-refractivity contribution in [3.8, 4) is 5.75 Å². The van der Waals surface area contributed by atoms with Crippen molar-refractivity contribution in [2.45, 2.75) is 56.9 Å². The maximum absolute atomic E-state index is 13.3. The molecule has 1 aromatic heterocycles. The number of likely N-dealkylation sites (tertiary alicyclic amines) is 1. The quantitative estimate of drug-likeness (QED) is 0.790. The Labute approximate surface area is 183 Å². The number of rotatable bonds is 3. The molecule has 2 bridgehead atoms. The third-order valence-corrected chi connectivity index (χ3v) is 7.31. The summed E-state index contributed by atoms with van der Waals surface area (Å²) in [6, 6.07) is 11.6. The minimum Gasteiger partial charge on any atom is -0.495 e. The van der Waals surface area contributed by atoms with E-state index in [1.165, 1.54) is 19.3 Å². The number of benzene rings is 1. The number of methoxy groups -OCH3 is 1. The van der Waals surface area contributed by atoms with E-state index in [1.807, 2.05) is 33.7 Å². The van der Waals surface area contributed by atoms with Gasteiger partial charge >= 0.3 is 6.03 Å². The van der Waals surface area contributed by atoms with Crippen LogP contribution in [0.15, 0.2) is 41.2 Å². The summed E-state index contributed by atoms with van der Waals surface area (Å²) in [5.74, 6) is 1.60. The second-order valence-electron chi connectivity index (χ2n) is 9.30. The van der Waals surface area contributed by atoms with E-state index in [1.54, 1.807) is 7.11 Å². The van der Waals surface area contributed by atoms with E-state index in [-0.39, 0.29) is 17.5 Å². The number of piperidine rings is 1. The molecule has 2 amide bonds. The van der Waals surface area contributed by atoms with Crippen LogP contribution in [0.25, 0.3) is 0 Å². The molecule has 1 aliphatic carbocycles. The van der Waals surface area contributed by atoms with E-state index in [0.717, 1.165) is 30.5 Å². The molecule has 2 atom stereocenters. The zero-order valence-electron chi connectivity index (χ0n) is 18.2. The fraction of sp³-hybridized carbons (Fsp3) is 0.520. The molecule has 1 saturated carbocycles. The number of carbonyl (C=O) groups is 1. The average molecular weight is 422 g/mol. The summed E-state index contributed by atoms with van der Waals surface area (Å²) in [5, 5.41) is 3.00. The number of urea groups is 1. The Bertz CT molecular complexity index is 1020. The van der Waals surface area contributed by atoms with E-state index in [0.29, 0.717) is 42.9 Å². The van der Waals surface area contributed by atoms with Crippen molar-refractivity contribution in [1.82, 2.24) is 9.47 Å². The first kappa shape index (κ1) is 20.2. The Balaban J connectivity index is 1.35. The van der Waals surface area contributed by atoms with Crippen LogP contribution in [0.3, 0.4) is 0 Å². The number of nitrogens with zero attached hydrogens (tertiary/aromatic N) is 2. The standard InChI is InChI=1S/C25H31N3O3/c1-31-23-10-6-5-9-21(23)26-25(30)27-14-17-13-19(16-27)22-12-11-20(24(29)28(22)15-17)18-7-3-2-4-8-18/h5-6,9-12,17-19H,2-4,7-8,13-16H2,1H3,(H,26,30)/t17-,19-/m1/s1. The third kappa shape index (κ3) is 3.84. The lowest BCUT2D eigenvalue weighted by Gasteiger charge is -2.43. The number of carbonyl (C=O) groups excluding carboxylic acids is 1. The first-order valence-corrected chi connectivity index (χ1v) is 11.6. The zero-order valence-corrected chi connectivity index (χ0v) is 18.2. The van der Waals surface area contributed by atoms with Gasteiger partial charge in [-0.3, -0.25) is 4.79 Å². The molecule has 3 heterocycles. The lowest BCUT2D eigenvalue weighted by atomic mass is 9.81. The van der Waals surface area contributed by atoms with Crippen LogP contribution in [0.4, 0.5) is 10.5 Å². The Kier molecular flexibility index (Phi) is 5.47. The number of para-hydroxylation sites is 2. The molecule has 164 valence electrons. The highest BCUT2D eigenvalue weighted by Gasteiger charge is 2.37. The molecule has 1 aromatic carbocycles. The summed E-state index contributed by atoms with van der Waals surface area (Å²) in [6.45, 7) is 2.03. The predicted molar refractivity (Wildman–Crippen MR) is 121 cm³/mol. The van der Waals surface area contributed by atoms with Crippen LogP contribution in [-0.4, -0.2) is 35.7 Å². The largest absolute Gasteiger partial charge is 0.495 e. The molecule has 2 fully saturated rings. The second-order valence-corrected chi connectivity index (χ2v) is 9.30. The number of amides is 2. The minimum atomic E-state index is -0.103. The zero-order chi connectivity index (χ0) is 21.4. The fourth-order valence-electron chi connectivity index (χ4n) is 5.80. The summed E-state index contributed by atoms with van der Waals surface area (Å²) >= 11 is 0. The Hall–Kier alpha value is -2.76. The normalized spacial score (nSPS) is 23.2. The van der Waals surface area contributed by atoms with Gasteiger partial charge in [-0.05, 0) is 49.3 Å². The summed E-state index contributed by atoms with van der Waals surface area (Å²) < 4.78 is 7.38. The van der Waals surface area contributed by atoms with Crippen molar-refractivity contribution in [3.05, 3.63) is 58.0 Å². The molecular formula is C25H31N3O3. The van der Waals surface area contributed by atoms with Crippen molar-refractivity contribution >= 4 is 11.7 Å². The molecule has 1 N–H and O–H groups in total. The molecule has 6 heteroatoms. The van der Waals surface area contributed by atoms with Crippen LogP contribution < -0.4 is 15.6 Å². The highest BCUT2D eigenvalue weighted by Crippen LogP contribution is 2.37. The topological polar surface area (TPSA) is 63.6 Å². The van der Waals surface area contributed by atoms with Gasteiger partial charge in [0, 0.05) is 36.8 Å². The highest BCUT2D eigenvalue weighted by molar-refractivity contribution is 5.91. The summed E-state index contributed by atoms with van der Waals surface area (Å²) in [4.78, 5) is 28.2.